The second kappa shape index (κ2) is 7.15. The summed E-state index contributed by atoms with van der Waals surface area (Å²) in [5, 5.41) is 4.43. The topological polar surface area (TPSA) is 54.7 Å². The molecule has 1 saturated heterocycles. The van der Waals surface area contributed by atoms with Gasteiger partial charge in [0.1, 0.15) is 11.3 Å². The Kier molecular flexibility index (Phi) is 4.98. The maximum atomic E-state index is 12.5. The summed E-state index contributed by atoms with van der Waals surface area (Å²) < 4.78 is 11.3. The number of furan rings is 1. The van der Waals surface area contributed by atoms with E-state index < -0.39 is 0 Å². The monoisotopic (exact) mass is 316 g/mol. The highest BCUT2D eigenvalue weighted by Crippen LogP contribution is 2.27. The van der Waals surface area contributed by atoms with Gasteiger partial charge in [-0.25, -0.2) is 0 Å². The lowest BCUT2D eigenvalue weighted by atomic mass is 10.1. The molecule has 0 aliphatic carbocycles. The van der Waals surface area contributed by atoms with E-state index in [2.05, 4.69) is 18.3 Å². The quantitative estimate of drug-likeness (QED) is 0.920. The molecule has 1 atom stereocenters. The lowest BCUT2D eigenvalue weighted by Gasteiger charge is -2.25. The molecule has 1 amide bonds. The number of hydrogen-bond acceptors (Lipinski definition) is 4. The fourth-order valence-electron chi connectivity index (χ4n) is 3.05. The third-order valence-electron chi connectivity index (χ3n) is 4.34. The van der Waals surface area contributed by atoms with Crippen molar-refractivity contribution in [2.24, 2.45) is 0 Å². The van der Waals surface area contributed by atoms with Crippen molar-refractivity contribution in [2.45, 2.75) is 32.4 Å². The van der Waals surface area contributed by atoms with Crippen molar-refractivity contribution in [1.29, 1.82) is 0 Å². The van der Waals surface area contributed by atoms with Gasteiger partial charge in [-0.3, -0.25) is 4.79 Å². The van der Waals surface area contributed by atoms with Crippen LogP contribution in [0, 0.1) is 0 Å². The van der Waals surface area contributed by atoms with Crippen LogP contribution in [0.5, 0.6) is 0 Å². The van der Waals surface area contributed by atoms with Gasteiger partial charge in [0.05, 0.1) is 13.2 Å². The number of nitrogens with zero attached hydrogens (tertiary/aromatic N) is 1. The van der Waals surface area contributed by atoms with Gasteiger partial charge < -0.3 is 19.4 Å². The van der Waals surface area contributed by atoms with Crippen LogP contribution in [0.25, 0.3) is 11.0 Å². The lowest BCUT2D eigenvalue weighted by molar-refractivity contribution is -0.131. The predicted molar refractivity (Wildman–Crippen MR) is 89.3 cm³/mol. The minimum Gasteiger partial charge on any atom is -0.461 e. The molecule has 0 spiro atoms. The number of morpholine rings is 1. The number of carbonyl (C=O) groups is 1. The van der Waals surface area contributed by atoms with Crippen LogP contribution < -0.4 is 5.32 Å². The minimum absolute atomic E-state index is 0.116. The zero-order chi connectivity index (χ0) is 16.2. The van der Waals surface area contributed by atoms with Gasteiger partial charge in [-0.15, -0.1) is 0 Å². The first kappa shape index (κ1) is 16.0. The van der Waals surface area contributed by atoms with Gasteiger partial charge in [-0.05, 0) is 6.07 Å². The maximum Gasteiger partial charge on any atom is 0.224 e. The summed E-state index contributed by atoms with van der Waals surface area (Å²) in [5.41, 5.74) is 2.01. The smallest absolute Gasteiger partial charge is 0.224 e. The third-order valence-corrected chi connectivity index (χ3v) is 4.34. The van der Waals surface area contributed by atoms with Gasteiger partial charge >= 0.3 is 0 Å². The summed E-state index contributed by atoms with van der Waals surface area (Å²) in [4.78, 5) is 14.3. The second-order valence-electron chi connectivity index (χ2n) is 6.03. The number of hydrogen-bond donors (Lipinski definition) is 1. The number of nitrogens with one attached hydrogen (secondary N) is 1. The number of fused-ring (bicyclic) bond motifs is 1. The summed E-state index contributed by atoms with van der Waals surface area (Å²) in [6.07, 6.45) is 1.29. The molecular formula is C18H24N2O3. The van der Waals surface area contributed by atoms with E-state index in [0.29, 0.717) is 19.6 Å². The summed E-state index contributed by atoms with van der Waals surface area (Å²) in [7, 11) is 1.85. The van der Waals surface area contributed by atoms with E-state index in [1.165, 1.54) is 0 Å². The van der Waals surface area contributed by atoms with Gasteiger partial charge in [-0.1, -0.05) is 25.1 Å². The molecule has 5 heteroatoms. The highest BCUT2D eigenvalue weighted by Gasteiger charge is 2.21. The van der Waals surface area contributed by atoms with Crippen LogP contribution in [0.1, 0.15) is 24.7 Å². The van der Waals surface area contributed by atoms with E-state index in [1.54, 1.807) is 4.90 Å². The van der Waals surface area contributed by atoms with E-state index >= 15 is 0 Å². The Morgan fingerprint density at radius 1 is 1.39 bits per heavy atom. The molecule has 3 rings (SSSR count). The van der Waals surface area contributed by atoms with Crippen molar-refractivity contribution in [3.8, 4) is 0 Å². The van der Waals surface area contributed by atoms with Crippen molar-refractivity contribution in [3.05, 3.63) is 35.6 Å². The first-order chi connectivity index (χ1) is 11.2. The molecule has 124 valence electrons. The lowest BCUT2D eigenvalue weighted by Crippen LogP contribution is -2.44. The van der Waals surface area contributed by atoms with Gasteiger partial charge in [0.25, 0.3) is 0 Å². The number of ether oxygens (including phenoxy) is 1. The average molecular weight is 316 g/mol. The normalized spacial score (nSPS) is 18.3. The summed E-state index contributed by atoms with van der Waals surface area (Å²) >= 11 is 0. The molecule has 1 aromatic carbocycles. The molecule has 23 heavy (non-hydrogen) atoms. The van der Waals surface area contributed by atoms with Crippen LogP contribution in [-0.2, 0) is 22.5 Å². The van der Waals surface area contributed by atoms with Gasteiger partial charge in [0.15, 0.2) is 0 Å². The number of carbonyl (C=O) groups excluding carboxylic acids is 1. The van der Waals surface area contributed by atoms with E-state index in [1.807, 2.05) is 25.2 Å². The maximum absolute atomic E-state index is 12.5. The zero-order valence-corrected chi connectivity index (χ0v) is 13.8. The SMILES string of the molecule is CCc1oc2ccccc2c1CN(C)C(=O)CC1COCCN1. The van der Waals surface area contributed by atoms with Crippen molar-refractivity contribution in [3.63, 3.8) is 0 Å². The van der Waals surface area contributed by atoms with Gasteiger partial charge in [0.2, 0.25) is 5.91 Å². The number of benzene rings is 1. The molecular weight excluding hydrogens is 292 g/mol. The third kappa shape index (κ3) is 3.57. The molecule has 0 bridgehead atoms. The van der Waals surface area contributed by atoms with E-state index in [4.69, 9.17) is 9.15 Å². The largest absolute Gasteiger partial charge is 0.461 e. The molecule has 2 heterocycles. The molecule has 1 fully saturated rings. The summed E-state index contributed by atoms with van der Waals surface area (Å²) in [5.74, 6) is 1.09. The van der Waals surface area contributed by atoms with Crippen molar-refractivity contribution in [1.82, 2.24) is 10.2 Å². The fraction of sp³-hybridized carbons (Fsp3) is 0.500. The highest BCUT2D eigenvalue weighted by atomic mass is 16.5. The molecule has 1 unspecified atom stereocenters. The average Bonchev–Trinajstić information content (AvgIpc) is 2.93. The van der Waals surface area contributed by atoms with E-state index in [-0.39, 0.29) is 11.9 Å². The first-order valence-electron chi connectivity index (χ1n) is 8.23. The van der Waals surface area contributed by atoms with E-state index in [0.717, 1.165) is 41.9 Å². The molecule has 0 radical (unpaired) electrons. The minimum atomic E-state index is 0.116. The fourth-order valence-corrected chi connectivity index (χ4v) is 3.05. The molecule has 5 nitrogen and oxygen atoms in total. The van der Waals surface area contributed by atoms with E-state index in [9.17, 15) is 4.79 Å². The second-order valence-corrected chi connectivity index (χ2v) is 6.03. The van der Waals surface area contributed by atoms with Crippen LogP contribution in [0.3, 0.4) is 0 Å². The number of aryl methyl sites for hydroxylation is 1. The Morgan fingerprint density at radius 3 is 2.96 bits per heavy atom. The highest BCUT2D eigenvalue weighted by molar-refractivity contribution is 5.83. The summed E-state index contributed by atoms with van der Waals surface area (Å²) in [6, 6.07) is 8.13. The first-order valence-corrected chi connectivity index (χ1v) is 8.23. The van der Waals surface area contributed by atoms with Crippen LogP contribution in [0.2, 0.25) is 0 Å². The number of para-hydroxylation sites is 1. The zero-order valence-electron chi connectivity index (χ0n) is 13.8. The Morgan fingerprint density at radius 2 is 2.22 bits per heavy atom. The summed E-state index contributed by atoms with van der Waals surface area (Å²) in [6.45, 7) is 4.79. The Labute approximate surface area is 136 Å². The van der Waals surface area contributed by atoms with Crippen LogP contribution >= 0.6 is 0 Å². The van der Waals surface area contributed by atoms with Gasteiger partial charge in [0, 0.05) is 50.0 Å². The molecule has 2 aromatic rings. The molecule has 1 aromatic heterocycles. The number of amides is 1. The number of rotatable bonds is 5. The van der Waals surface area contributed by atoms with Crippen molar-refractivity contribution >= 4 is 16.9 Å². The Bertz CT molecular complexity index is 674. The van der Waals surface area contributed by atoms with Gasteiger partial charge in [-0.2, -0.15) is 0 Å². The standard InChI is InChI=1S/C18H24N2O3/c1-3-16-15(14-6-4-5-7-17(14)23-16)11-20(2)18(21)10-13-12-22-9-8-19-13/h4-7,13,19H,3,8-12H2,1-2H3. The molecule has 1 aliphatic rings. The Hall–Kier alpha value is -1.85. The molecule has 1 N–H and O–H groups in total. The van der Waals surface area contributed by atoms with Crippen molar-refractivity contribution < 1.29 is 13.9 Å². The Balaban J connectivity index is 1.71. The molecule has 0 saturated carbocycles. The van der Waals surface area contributed by atoms with Crippen LogP contribution in [-0.4, -0.2) is 43.7 Å². The van der Waals surface area contributed by atoms with Crippen LogP contribution in [0.4, 0.5) is 0 Å². The van der Waals surface area contributed by atoms with Crippen LogP contribution in [0.15, 0.2) is 28.7 Å². The van der Waals surface area contributed by atoms with Crippen molar-refractivity contribution in [2.75, 3.05) is 26.8 Å². The molecule has 1 aliphatic heterocycles. The predicted octanol–water partition coefficient (Wildman–Crippen LogP) is 2.33.